The molecule has 4 rings (SSSR count). The fourth-order valence-electron chi connectivity index (χ4n) is 2.97. The lowest BCUT2D eigenvalue weighted by Crippen LogP contribution is -2.42. The standard InChI is InChI=1S/C17H18N6O2/c24-17(5-8-23-15-4-2-1-3-13(15)20-21-23)22-9-10-25-16(12-22)14-11-18-6-7-19-14/h1-4,6-7,11,16H,5,8-10,12H2/t16-/m1/s1. The zero-order valence-corrected chi connectivity index (χ0v) is 13.7. The normalized spacial score (nSPS) is 17.8. The number of nitrogens with zero attached hydrogens (tertiary/aromatic N) is 6. The van der Waals surface area contributed by atoms with Gasteiger partial charge in [-0.15, -0.1) is 5.10 Å². The van der Waals surface area contributed by atoms with Gasteiger partial charge in [-0.2, -0.15) is 0 Å². The molecule has 0 saturated carbocycles. The number of fused-ring (bicyclic) bond motifs is 1. The van der Waals surface area contributed by atoms with Crippen molar-refractivity contribution in [2.24, 2.45) is 0 Å². The van der Waals surface area contributed by atoms with Crippen molar-refractivity contribution >= 4 is 16.9 Å². The van der Waals surface area contributed by atoms with Crippen LogP contribution in [0.1, 0.15) is 18.2 Å². The molecule has 1 aliphatic heterocycles. The van der Waals surface area contributed by atoms with Crippen LogP contribution in [0.5, 0.6) is 0 Å². The van der Waals surface area contributed by atoms with Crippen molar-refractivity contribution in [3.63, 3.8) is 0 Å². The number of ether oxygens (including phenoxy) is 1. The Morgan fingerprint density at radius 1 is 1.28 bits per heavy atom. The van der Waals surface area contributed by atoms with Crippen LogP contribution in [0.2, 0.25) is 0 Å². The Bertz CT molecular complexity index is 866. The van der Waals surface area contributed by atoms with Gasteiger partial charge >= 0.3 is 0 Å². The molecule has 1 amide bonds. The number of hydrogen-bond acceptors (Lipinski definition) is 6. The van der Waals surface area contributed by atoms with Gasteiger partial charge in [-0.25, -0.2) is 4.68 Å². The summed E-state index contributed by atoms with van der Waals surface area (Å²) in [6, 6.07) is 7.73. The summed E-state index contributed by atoms with van der Waals surface area (Å²) >= 11 is 0. The zero-order chi connectivity index (χ0) is 17.1. The summed E-state index contributed by atoms with van der Waals surface area (Å²) in [5.41, 5.74) is 2.53. The molecule has 8 nitrogen and oxygen atoms in total. The van der Waals surface area contributed by atoms with Crippen molar-refractivity contribution in [2.45, 2.75) is 19.1 Å². The van der Waals surface area contributed by atoms with Gasteiger partial charge in [0.25, 0.3) is 0 Å². The highest BCUT2D eigenvalue weighted by molar-refractivity contribution is 5.77. The summed E-state index contributed by atoms with van der Waals surface area (Å²) in [5, 5.41) is 8.24. The summed E-state index contributed by atoms with van der Waals surface area (Å²) in [5.74, 6) is 0.0803. The first-order chi connectivity index (χ1) is 12.3. The van der Waals surface area contributed by atoms with E-state index in [0.717, 1.165) is 16.7 Å². The number of carbonyl (C=O) groups excluding carboxylic acids is 1. The van der Waals surface area contributed by atoms with E-state index in [2.05, 4.69) is 20.3 Å². The van der Waals surface area contributed by atoms with Crippen molar-refractivity contribution < 1.29 is 9.53 Å². The quantitative estimate of drug-likeness (QED) is 0.711. The molecule has 0 N–H and O–H groups in total. The van der Waals surface area contributed by atoms with E-state index in [0.29, 0.717) is 32.7 Å². The summed E-state index contributed by atoms with van der Waals surface area (Å²) in [6.07, 6.45) is 5.09. The van der Waals surface area contributed by atoms with Crippen molar-refractivity contribution in [3.05, 3.63) is 48.5 Å². The Morgan fingerprint density at radius 2 is 2.20 bits per heavy atom. The molecule has 3 heterocycles. The highest BCUT2D eigenvalue weighted by atomic mass is 16.5. The maximum atomic E-state index is 12.6. The molecule has 1 aliphatic rings. The third-order valence-corrected chi connectivity index (χ3v) is 4.29. The van der Waals surface area contributed by atoms with E-state index < -0.39 is 0 Å². The first-order valence-electron chi connectivity index (χ1n) is 8.25. The number of benzene rings is 1. The number of carbonyl (C=O) groups is 1. The first-order valence-corrected chi connectivity index (χ1v) is 8.25. The topological polar surface area (TPSA) is 86.0 Å². The third-order valence-electron chi connectivity index (χ3n) is 4.29. The van der Waals surface area contributed by atoms with Gasteiger partial charge in [0.05, 0.1) is 37.1 Å². The molecule has 0 spiro atoms. The van der Waals surface area contributed by atoms with E-state index in [1.54, 1.807) is 23.3 Å². The van der Waals surface area contributed by atoms with Gasteiger partial charge in [0.2, 0.25) is 5.91 Å². The maximum absolute atomic E-state index is 12.6. The lowest BCUT2D eigenvalue weighted by Gasteiger charge is -2.32. The van der Waals surface area contributed by atoms with Gasteiger partial charge in [-0.3, -0.25) is 14.8 Å². The molecule has 2 aromatic heterocycles. The van der Waals surface area contributed by atoms with Crippen molar-refractivity contribution in [1.29, 1.82) is 0 Å². The molecule has 3 aromatic rings. The Morgan fingerprint density at radius 3 is 3.08 bits per heavy atom. The zero-order valence-electron chi connectivity index (χ0n) is 13.7. The van der Waals surface area contributed by atoms with E-state index in [1.807, 2.05) is 29.2 Å². The molecule has 0 bridgehead atoms. The second-order valence-corrected chi connectivity index (χ2v) is 5.88. The van der Waals surface area contributed by atoms with Crippen LogP contribution >= 0.6 is 0 Å². The minimum Gasteiger partial charge on any atom is -0.368 e. The van der Waals surface area contributed by atoms with Gasteiger partial charge in [0.1, 0.15) is 11.6 Å². The molecule has 1 aromatic carbocycles. The second kappa shape index (κ2) is 6.94. The van der Waals surface area contributed by atoms with E-state index >= 15 is 0 Å². The van der Waals surface area contributed by atoms with Crippen molar-refractivity contribution in [3.8, 4) is 0 Å². The molecule has 0 unspecified atom stereocenters. The van der Waals surface area contributed by atoms with E-state index in [4.69, 9.17) is 4.74 Å². The second-order valence-electron chi connectivity index (χ2n) is 5.88. The average Bonchev–Trinajstić information content (AvgIpc) is 3.10. The monoisotopic (exact) mass is 338 g/mol. The highest BCUT2D eigenvalue weighted by Gasteiger charge is 2.26. The Hall–Kier alpha value is -2.87. The summed E-state index contributed by atoms with van der Waals surface area (Å²) < 4.78 is 7.50. The maximum Gasteiger partial charge on any atom is 0.224 e. The predicted octanol–water partition coefficient (Wildman–Crippen LogP) is 1.21. The summed E-state index contributed by atoms with van der Waals surface area (Å²) in [4.78, 5) is 22.7. The van der Waals surface area contributed by atoms with E-state index in [9.17, 15) is 4.79 Å². The molecule has 1 saturated heterocycles. The van der Waals surface area contributed by atoms with E-state index in [-0.39, 0.29) is 12.0 Å². The van der Waals surface area contributed by atoms with Crippen molar-refractivity contribution in [1.82, 2.24) is 29.9 Å². The highest BCUT2D eigenvalue weighted by Crippen LogP contribution is 2.20. The smallest absolute Gasteiger partial charge is 0.224 e. The molecule has 0 aliphatic carbocycles. The number of morpholine rings is 1. The Kier molecular flexibility index (Phi) is 4.34. The molecule has 0 radical (unpaired) electrons. The first kappa shape index (κ1) is 15.6. The minimum atomic E-state index is -0.224. The Labute approximate surface area is 144 Å². The van der Waals surface area contributed by atoms with Crippen molar-refractivity contribution in [2.75, 3.05) is 19.7 Å². The van der Waals surface area contributed by atoms with Gasteiger partial charge in [-0.05, 0) is 12.1 Å². The van der Waals surface area contributed by atoms with Gasteiger partial charge < -0.3 is 9.64 Å². The fourth-order valence-corrected chi connectivity index (χ4v) is 2.97. The number of rotatable bonds is 4. The number of para-hydroxylation sites is 1. The number of amides is 1. The molecule has 1 fully saturated rings. The molecular weight excluding hydrogens is 320 g/mol. The van der Waals surface area contributed by atoms with Crippen LogP contribution < -0.4 is 0 Å². The van der Waals surface area contributed by atoms with Crippen LogP contribution in [0.15, 0.2) is 42.9 Å². The predicted molar refractivity (Wildman–Crippen MR) is 89.5 cm³/mol. The lowest BCUT2D eigenvalue weighted by atomic mass is 10.2. The number of aromatic nitrogens is 5. The summed E-state index contributed by atoms with van der Waals surface area (Å²) in [6.45, 7) is 2.09. The van der Waals surface area contributed by atoms with Crippen LogP contribution in [0.4, 0.5) is 0 Å². The fraction of sp³-hybridized carbons (Fsp3) is 0.353. The molecule has 8 heteroatoms. The largest absolute Gasteiger partial charge is 0.368 e. The molecular formula is C17H18N6O2. The van der Waals surface area contributed by atoms with Crippen LogP contribution in [-0.4, -0.2) is 55.5 Å². The SMILES string of the molecule is O=C(CCn1nnc2ccccc21)N1CCO[C@@H](c2cnccn2)C1. The lowest BCUT2D eigenvalue weighted by molar-refractivity contribution is -0.139. The average molecular weight is 338 g/mol. The van der Waals surface area contributed by atoms with E-state index in [1.165, 1.54) is 0 Å². The van der Waals surface area contributed by atoms with Gasteiger partial charge in [0.15, 0.2) is 0 Å². The Balaban J connectivity index is 1.39. The number of hydrogen-bond donors (Lipinski definition) is 0. The summed E-state index contributed by atoms with van der Waals surface area (Å²) in [7, 11) is 0. The third kappa shape index (κ3) is 3.34. The van der Waals surface area contributed by atoms with Crippen LogP contribution in [0.25, 0.3) is 11.0 Å². The number of aryl methyl sites for hydroxylation is 1. The molecule has 25 heavy (non-hydrogen) atoms. The van der Waals surface area contributed by atoms with Crippen LogP contribution in [0, 0.1) is 0 Å². The van der Waals surface area contributed by atoms with Gasteiger partial charge in [-0.1, -0.05) is 17.3 Å². The molecule has 1 atom stereocenters. The van der Waals surface area contributed by atoms with Crippen LogP contribution in [0.3, 0.4) is 0 Å². The van der Waals surface area contributed by atoms with Crippen LogP contribution in [-0.2, 0) is 16.1 Å². The molecule has 128 valence electrons. The minimum absolute atomic E-state index is 0.0803. The van der Waals surface area contributed by atoms with Gasteiger partial charge in [0, 0.05) is 25.4 Å².